The fourth-order valence-corrected chi connectivity index (χ4v) is 1.91. The van der Waals surface area contributed by atoms with Crippen LogP contribution in [0.15, 0.2) is 30.3 Å². The molecule has 0 aromatic heterocycles. The van der Waals surface area contributed by atoms with Gasteiger partial charge in [-0.05, 0) is 18.9 Å². The van der Waals surface area contributed by atoms with E-state index in [9.17, 15) is 9.90 Å². The summed E-state index contributed by atoms with van der Waals surface area (Å²) in [6, 6.07) is 9.52. The number of carbonyl (C=O) groups is 1. The largest absolute Gasteiger partial charge is 2.00 e. The topological polar surface area (TPSA) is 37.3 Å². The molecular weight excluding hydrogens is 224 g/mol. The van der Waals surface area contributed by atoms with Gasteiger partial charge >= 0.3 is 29.0 Å². The number of rotatable bonds is 6. The van der Waals surface area contributed by atoms with Crippen molar-refractivity contribution in [3.8, 4) is 0 Å². The van der Waals surface area contributed by atoms with E-state index in [-0.39, 0.29) is 25.9 Å². The molecule has 92 valence electrons. The smallest absolute Gasteiger partial charge is 1.00 e. The maximum absolute atomic E-state index is 11.4. The molecular formula is C14H22MgO2. The second-order valence-corrected chi connectivity index (χ2v) is 4.46. The van der Waals surface area contributed by atoms with Gasteiger partial charge in [-0.15, -0.1) is 0 Å². The summed E-state index contributed by atoms with van der Waals surface area (Å²) in [5.74, 6) is -0.727. The maximum atomic E-state index is 11.4. The van der Waals surface area contributed by atoms with E-state index in [0.717, 1.165) is 24.8 Å². The molecule has 1 atom stereocenters. The molecule has 2 nitrogen and oxygen atoms in total. The number of hydrogen-bond acceptors (Lipinski definition) is 1. The summed E-state index contributed by atoms with van der Waals surface area (Å²) >= 11 is 0. The van der Waals surface area contributed by atoms with Gasteiger partial charge in [-0.1, -0.05) is 56.5 Å². The average Bonchev–Trinajstić information content (AvgIpc) is 2.30. The Morgan fingerprint density at radius 1 is 1.29 bits per heavy atom. The fraction of sp³-hybridized carbons (Fsp3) is 0.500. The summed E-state index contributed by atoms with van der Waals surface area (Å²) in [4.78, 5) is 11.4. The van der Waals surface area contributed by atoms with Crippen molar-refractivity contribution in [2.75, 3.05) is 0 Å². The molecule has 1 rings (SSSR count). The van der Waals surface area contributed by atoms with E-state index in [1.807, 2.05) is 37.3 Å². The van der Waals surface area contributed by atoms with Crippen LogP contribution in [0.3, 0.4) is 0 Å². The van der Waals surface area contributed by atoms with Crippen LogP contribution in [-0.2, 0) is 10.2 Å². The molecule has 17 heavy (non-hydrogen) atoms. The van der Waals surface area contributed by atoms with Gasteiger partial charge < -0.3 is 7.96 Å². The first kappa shape index (κ1) is 16.5. The normalized spacial score (nSPS) is 13.5. The van der Waals surface area contributed by atoms with Crippen LogP contribution < -0.4 is 0 Å². The Hall–Kier alpha value is -0.544. The van der Waals surface area contributed by atoms with Crippen LogP contribution in [0.4, 0.5) is 0 Å². The van der Waals surface area contributed by atoms with Gasteiger partial charge in [0.25, 0.3) is 0 Å². The van der Waals surface area contributed by atoms with Crippen molar-refractivity contribution in [2.45, 2.75) is 44.9 Å². The molecule has 1 aromatic carbocycles. The fourth-order valence-electron chi connectivity index (χ4n) is 1.91. The predicted octanol–water partition coefficient (Wildman–Crippen LogP) is 3.45. The van der Waals surface area contributed by atoms with Crippen molar-refractivity contribution in [2.24, 2.45) is 0 Å². The Labute approximate surface area is 123 Å². The third-order valence-electron chi connectivity index (χ3n) is 3.16. The first-order valence-corrected chi connectivity index (χ1v) is 5.90. The summed E-state index contributed by atoms with van der Waals surface area (Å²) in [6.07, 6.45) is 3.88. The monoisotopic (exact) mass is 246 g/mol. The molecule has 0 aliphatic carbocycles. The number of unbranched alkanes of at least 4 members (excludes halogenated alkanes) is 2. The maximum Gasteiger partial charge on any atom is 2.00 e. The van der Waals surface area contributed by atoms with Crippen molar-refractivity contribution in [1.82, 2.24) is 0 Å². The standard InChI is InChI=1S/C14H20O2.Mg.2H/c1-3-4-8-11-14(2,13(15)16)12-9-6-5-7-10-12;;;/h5-7,9-10H,3-4,8,11H2,1-2H3,(H,15,16);;;/q;+2;2*-1. The van der Waals surface area contributed by atoms with Crippen molar-refractivity contribution in [3.05, 3.63) is 35.9 Å². The van der Waals surface area contributed by atoms with E-state index >= 15 is 0 Å². The number of aliphatic carboxylic acids is 1. The van der Waals surface area contributed by atoms with E-state index in [4.69, 9.17) is 0 Å². The zero-order valence-corrected chi connectivity index (χ0v) is 12.2. The van der Waals surface area contributed by atoms with Crippen molar-refractivity contribution in [1.29, 1.82) is 0 Å². The average molecular weight is 247 g/mol. The van der Waals surface area contributed by atoms with Gasteiger partial charge in [0, 0.05) is 0 Å². The van der Waals surface area contributed by atoms with Crippen LogP contribution in [0.1, 0.15) is 47.9 Å². The Kier molecular flexibility index (Phi) is 7.47. The van der Waals surface area contributed by atoms with Crippen LogP contribution >= 0.6 is 0 Å². The molecule has 1 N–H and O–H groups in total. The minimum atomic E-state index is -0.740. The molecule has 0 bridgehead atoms. The molecule has 0 saturated carbocycles. The number of benzene rings is 1. The van der Waals surface area contributed by atoms with Gasteiger partial charge in [-0.25, -0.2) is 0 Å². The molecule has 0 saturated heterocycles. The summed E-state index contributed by atoms with van der Waals surface area (Å²) < 4.78 is 0. The molecule has 0 spiro atoms. The van der Waals surface area contributed by atoms with E-state index < -0.39 is 11.4 Å². The second kappa shape index (κ2) is 7.72. The summed E-state index contributed by atoms with van der Waals surface area (Å²) in [6.45, 7) is 3.95. The molecule has 0 amide bonds. The quantitative estimate of drug-likeness (QED) is 0.617. The number of carboxylic acids is 1. The molecule has 1 aromatic rings. The molecule has 3 heteroatoms. The van der Waals surface area contributed by atoms with Gasteiger partial charge in [0.05, 0.1) is 5.41 Å². The Bertz CT molecular complexity index is 347. The van der Waals surface area contributed by atoms with Crippen molar-refractivity contribution >= 4 is 29.0 Å². The first-order valence-electron chi connectivity index (χ1n) is 5.90. The Morgan fingerprint density at radius 3 is 2.35 bits per heavy atom. The molecule has 0 radical (unpaired) electrons. The van der Waals surface area contributed by atoms with E-state index in [1.54, 1.807) is 0 Å². The summed E-state index contributed by atoms with van der Waals surface area (Å²) in [5.41, 5.74) is 0.162. The van der Waals surface area contributed by atoms with Crippen LogP contribution in [0.2, 0.25) is 0 Å². The second-order valence-electron chi connectivity index (χ2n) is 4.46. The third kappa shape index (κ3) is 4.32. The number of hydrogen-bond donors (Lipinski definition) is 1. The van der Waals surface area contributed by atoms with Crippen LogP contribution in [0.5, 0.6) is 0 Å². The first-order chi connectivity index (χ1) is 7.61. The number of carboxylic acid groups (broad SMARTS) is 1. The summed E-state index contributed by atoms with van der Waals surface area (Å²) in [5, 5.41) is 9.39. The van der Waals surface area contributed by atoms with Gasteiger partial charge in [0.15, 0.2) is 0 Å². The minimum Gasteiger partial charge on any atom is -1.00 e. The van der Waals surface area contributed by atoms with Gasteiger partial charge in [-0.2, -0.15) is 0 Å². The van der Waals surface area contributed by atoms with Crippen LogP contribution in [-0.4, -0.2) is 34.1 Å². The minimum absolute atomic E-state index is 0. The SMILES string of the molecule is CCCCCC(C)(C(=O)O)c1ccccc1.[H-].[H-].[Mg+2]. The Morgan fingerprint density at radius 2 is 1.88 bits per heavy atom. The zero-order chi connectivity index (χ0) is 12.0. The van der Waals surface area contributed by atoms with E-state index in [1.165, 1.54) is 0 Å². The van der Waals surface area contributed by atoms with Crippen LogP contribution in [0, 0.1) is 0 Å². The predicted molar refractivity (Wildman–Crippen MR) is 73.5 cm³/mol. The van der Waals surface area contributed by atoms with E-state index in [0.29, 0.717) is 6.42 Å². The van der Waals surface area contributed by atoms with Gasteiger partial charge in [0.1, 0.15) is 0 Å². The third-order valence-corrected chi connectivity index (χ3v) is 3.16. The van der Waals surface area contributed by atoms with Gasteiger partial charge in [-0.3, -0.25) is 4.79 Å². The molecule has 1 unspecified atom stereocenters. The van der Waals surface area contributed by atoms with Gasteiger partial charge in [0.2, 0.25) is 0 Å². The molecule has 0 aliphatic rings. The zero-order valence-electron chi connectivity index (χ0n) is 12.8. The molecule has 0 heterocycles. The Balaban J connectivity index is -0.000000853. The van der Waals surface area contributed by atoms with Crippen molar-refractivity contribution in [3.63, 3.8) is 0 Å². The molecule has 0 aliphatic heterocycles. The molecule has 0 fully saturated rings. The van der Waals surface area contributed by atoms with Crippen molar-refractivity contribution < 1.29 is 12.8 Å². The van der Waals surface area contributed by atoms with Crippen LogP contribution in [0.25, 0.3) is 0 Å². The van der Waals surface area contributed by atoms with E-state index in [2.05, 4.69) is 6.92 Å². The summed E-state index contributed by atoms with van der Waals surface area (Å²) in [7, 11) is 0.